The van der Waals surface area contributed by atoms with Gasteiger partial charge in [-0.3, -0.25) is 0 Å². The van der Waals surface area contributed by atoms with Crippen LogP contribution in [-0.4, -0.2) is 70.3 Å². The first-order chi connectivity index (χ1) is 13.9. The molecule has 0 aliphatic carbocycles. The van der Waals surface area contributed by atoms with Gasteiger partial charge in [0.25, 0.3) is 50.0 Å². The average molecular weight is 519 g/mol. The molecule has 0 saturated heterocycles. The van der Waals surface area contributed by atoms with E-state index in [9.17, 15) is 0 Å². The summed E-state index contributed by atoms with van der Waals surface area (Å²) in [6.07, 6.45) is 18.5. The molecule has 28 heavy (non-hydrogen) atoms. The zero-order valence-corrected chi connectivity index (χ0v) is 29.1. The van der Waals surface area contributed by atoms with E-state index in [1.54, 1.807) is 0 Å². The molecule has 0 atom stereocenters. The van der Waals surface area contributed by atoms with E-state index in [1.165, 1.54) is 89.5 Å². The molecule has 170 valence electrons. The summed E-state index contributed by atoms with van der Waals surface area (Å²) in [7, 11) is -3.56. The van der Waals surface area contributed by atoms with Crippen molar-refractivity contribution in [2.24, 2.45) is 0 Å². The van der Waals surface area contributed by atoms with E-state index in [0.717, 1.165) is 10.5 Å². The Morgan fingerprint density at radius 2 is 0.893 bits per heavy atom. The normalized spacial score (nSPS) is 14.0. The fourth-order valence-corrected chi connectivity index (χ4v) is 14.1. The second kappa shape index (κ2) is 28.3. The molecule has 0 unspecified atom stereocenters. The second-order valence-corrected chi connectivity index (χ2v) is 20.0. The Kier molecular flexibility index (Phi) is 29.6. The second-order valence-electron chi connectivity index (χ2n) is 7.20. The molecule has 0 aliphatic rings. The van der Waals surface area contributed by atoms with Crippen molar-refractivity contribution in [1.82, 2.24) is 0 Å². The maximum atomic E-state index is 5.76. The summed E-state index contributed by atoms with van der Waals surface area (Å²) in [6.45, 7) is 2.29. The highest BCUT2D eigenvalue weighted by atomic mass is 28.4. The topological polar surface area (TPSA) is 55.4 Å². The zero-order valence-electron chi connectivity index (χ0n) is 18.6. The van der Waals surface area contributed by atoms with Crippen LogP contribution < -0.4 is 0 Å². The van der Waals surface area contributed by atoms with Crippen molar-refractivity contribution in [1.29, 1.82) is 0 Å². The van der Waals surface area contributed by atoms with Crippen LogP contribution in [0.5, 0.6) is 0 Å². The summed E-state index contributed by atoms with van der Waals surface area (Å²) >= 11 is 0. The molecule has 0 aromatic carbocycles. The molecule has 0 N–H and O–H groups in total. The maximum Gasteiger partial charge on any atom is 0.286 e. The molecule has 0 rings (SSSR count). The van der Waals surface area contributed by atoms with Crippen molar-refractivity contribution < 1.29 is 24.7 Å². The molecule has 0 spiro atoms. The minimum absolute atomic E-state index is 0.338. The minimum Gasteiger partial charge on any atom is -0.449 e. The molecule has 6 nitrogen and oxygen atoms in total. The monoisotopic (exact) mass is 518 g/mol. The first kappa shape index (κ1) is 29.3. The largest absolute Gasteiger partial charge is 0.449 e. The third-order valence-electron chi connectivity index (χ3n) is 4.51. The fraction of sp³-hybridized carbons (Fsp3) is 1.00. The Hall–Kier alpha value is 1.28. The number of rotatable bonds is 25. The molecular weight excluding hydrogens is 473 g/mol. The van der Waals surface area contributed by atoms with Gasteiger partial charge in [0.05, 0.1) is 0 Å². The Bertz CT molecular complexity index is 259. The van der Waals surface area contributed by atoms with Gasteiger partial charge in [-0.25, -0.2) is 0 Å². The molecule has 0 bridgehead atoms. The first-order valence-electron chi connectivity index (χ1n) is 11.3. The highest BCUT2D eigenvalue weighted by Gasteiger charge is 1.96. The molecule has 0 fully saturated rings. The molecule has 13 heteroatoms. The molecule has 0 heterocycles. The molecule has 0 radical (unpaired) electrons. The summed E-state index contributed by atoms with van der Waals surface area (Å²) in [5.74, 6) is 0. The van der Waals surface area contributed by atoms with Crippen molar-refractivity contribution in [2.45, 2.75) is 96.4 Å². The molecule has 0 aliphatic heterocycles. The van der Waals surface area contributed by atoms with Gasteiger partial charge in [0.15, 0.2) is 0 Å². The van der Waals surface area contributed by atoms with Crippen molar-refractivity contribution in [3.63, 3.8) is 0 Å². The standard InChI is InChI=1S/C15H46O6Si7/c1-2-3-4-5-6-7-8-9-10-11-12-13-14-15-23-17-25-19-27-21-28-20-26-18-24-16-22/h2-15,23-28H2,1,22H3. The highest BCUT2D eigenvalue weighted by molar-refractivity contribution is 6.48. The third-order valence-corrected chi connectivity index (χ3v) is 13.4. The SMILES string of the molecule is CCCCCCCCCCCCCCC[SiH2]O[SiH2]O[SiH2]O[SiH2]O[SiH2]O[SiH2]O[SiH3]. The predicted molar refractivity (Wildman–Crippen MR) is 138 cm³/mol. The van der Waals surface area contributed by atoms with Gasteiger partial charge in [0, 0.05) is 0 Å². The minimum atomic E-state index is -0.855. The predicted octanol–water partition coefficient (Wildman–Crippen LogP) is -1.05. The quantitative estimate of drug-likeness (QED) is 0.114. The van der Waals surface area contributed by atoms with Crippen LogP contribution in [0.1, 0.15) is 90.4 Å². The van der Waals surface area contributed by atoms with E-state index < -0.39 is 50.0 Å². The van der Waals surface area contributed by atoms with Crippen LogP contribution in [-0.2, 0) is 24.7 Å². The summed E-state index contributed by atoms with van der Waals surface area (Å²) in [6, 6.07) is 1.31. The van der Waals surface area contributed by atoms with Crippen LogP contribution in [0, 0.1) is 0 Å². The summed E-state index contributed by atoms with van der Waals surface area (Å²) in [5.41, 5.74) is 0. The average Bonchev–Trinajstić information content (AvgIpc) is 2.71. The van der Waals surface area contributed by atoms with Crippen LogP contribution in [0.25, 0.3) is 0 Å². The van der Waals surface area contributed by atoms with Gasteiger partial charge >= 0.3 is 0 Å². The van der Waals surface area contributed by atoms with Crippen LogP contribution in [0.2, 0.25) is 6.04 Å². The Balaban J connectivity index is 2.96. The van der Waals surface area contributed by atoms with E-state index in [1.807, 2.05) is 0 Å². The molecule has 0 aromatic heterocycles. The van der Waals surface area contributed by atoms with Crippen molar-refractivity contribution in [3.8, 4) is 0 Å². The lowest BCUT2D eigenvalue weighted by Crippen LogP contribution is -2.19. The van der Waals surface area contributed by atoms with Gasteiger partial charge in [-0.1, -0.05) is 90.4 Å². The fourth-order valence-electron chi connectivity index (χ4n) is 2.91. The van der Waals surface area contributed by atoms with Crippen LogP contribution in [0.4, 0.5) is 0 Å². The lowest BCUT2D eigenvalue weighted by Gasteiger charge is -2.07. The number of hydrogen-bond acceptors (Lipinski definition) is 6. The Morgan fingerprint density at radius 3 is 1.36 bits per heavy atom. The molecule has 0 saturated carbocycles. The first-order valence-corrected chi connectivity index (χ1v) is 19.5. The van der Waals surface area contributed by atoms with Gasteiger partial charge in [0.2, 0.25) is 0 Å². The zero-order chi connectivity index (χ0) is 20.4. The van der Waals surface area contributed by atoms with Gasteiger partial charge in [-0.2, -0.15) is 0 Å². The molecular formula is C15H46O6Si7. The van der Waals surface area contributed by atoms with Gasteiger partial charge in [-0.05, 0) is 6.04 Å². The Morgan fingerprint density at radius 1 is 0.500 bits per heavy atom. The van der Waals surface area contributed by atoms with Crippen molar-refractivity contribution >= 4 is 70.3 Å². The van der Waals surface area contributed by atoms with E-state index in [0.29, 0.717) is 0 Å². The highest BCUT2D eigenvalue weighted by Crippen LogP contribution is 2.12. The smallest absolute Gasteiger partial charge is 0.286 e. The third kappa shape index (κ3) is 27.3. The van der Waals surface area contributed by atoms with E-state index >= 15 is 0 Å². The van der Waals surface area contributed by atoms with Gasteiger partial charge < -0.3 is 24.7 Å². The van der Waals surface area contributed by atoms with Crippen LogP contribution in [0.15, 0.2) is 0 Å². The Labute approximate surface area is 191 Å². The number of unbranched alkanes of at least 4 members (excludes halogenated alkanes) is 12. The maximum absolute atomic E-state index is 5.76. The van der Waals surface area contributed by atoms with Crippen LogP contribution >= 0.6 is 0 Å². The van der Waals surface area contributed by atoms with Crippen molar-refractivity contribution in [2.75, 3.05) is 0 Å². The van der Waals surface area contributed by atoms with E-state index in [-0.39, 0.29) is 9.76 Å². The van der Waals surface area contributed by atoms with Gasteiger partial charge in [-0.15, -0.1) is 0 Å². The van der Waals surface area contributed by atoms with E-state index in [2.05, 4.69) is 6.92 Å². The van der Waals surface area contributed by atoms with Crippen LogP contribution in [0.3, 0.4) is 0 Å². The molecule has 0 amide bonds. The lowest BCUT2D eigenvalue weighted by atomic mass is 10.1. The summed E-state index contributed by atoms with van der Waals surface area (Å²) in [5, 5.41) is 0. The van der Waals surface area contributed by atoms with Gasteiger partial charge in [0.1, 0.15) is 20.2 Å². The number of hydrogen-bond donors (Lipinski definition) is 0. The summed E-state index contributed by atoms with van der Waals surface area (Å²) in [4.78, 5) is 0. The van der Waals surface area contributed by atoms with E-state index in [4.69, 9.17) is 24.7 Å². The van der Waals surface area contributed by atoms with Crippen molar-refractivity contribution in [3.05, 3.63) is 0 Å². The molecule has 0 aromatic rings. The lowest BCUT2D eigenvalue weighted by molar-refractivity contribution is 0.379. The summed E-state index contributed by atoms with van der Waals surface area (Å²) < 4.78 is 32.6.